The van der Waals surface area contributed by atoms with E-state index in [2.05, 4.69) is 39.5 Å². The van der Waals surface area contributed by atoms with E-state index in [0.29, 0.717) is 30.1 Å². The van der Waals surface area contributed by atoms with Gasteiger partial charge in [-0.1, -0.05) is 33.6 Å². The average molecular weight is 445 g/mol. The summed E-state index contributed by atoms with van der Waals surface area (Å²) in [6, 6.07) is 0. The van der Waals surface area contributed by atoms with Crippen molar-refractivity contribution in [3.8, 4) is 11.8 Å². The Kier molecular flexibility index (Phi) is 4.94. The Labute approximate surface area is 192 Å². The second-order valence-electron chi connectivity index (χ2n) is 12.3. The fourth-order valence-electron chi connectivity index (χ4n) is 9.60. The standard InChI is InChI=1S/C27H40O5/c1-6-32-21(29)9-12-26(30)16(3)15(2)23-22-18-13-20(18)27(31)14-17(28)7-10-24(27,4)19(22)8-11-25(23,26)5/h15-20,22-23,28,30-31H,6-8,10-11,13-14H2,1-5H3/t15-,16+,17+,18+,19?,20?,22?,23?,24-,25+,26+,27-/m1/s1. The van der Waals surface area contributed by atoms with E-state index in [-0.39, 0.29) is 35.2 Å². The summed E-state index contributed by atoms with van der Waals surface area (Å²) in [5.41, 5.74) is -2.57. The maximum absolute atomic E-state index is 12.0. The van der Waals surface area contributed by atoms with Gasteiger partial charge in [0.25, 0.3) is 0 Å². The van der Waals surface area contributed by atoms with E-state index >= 15 is 0 Å². The van der Waals surface area contributed by atoms with Crippen LogP contribution in [0.1, 0.15) is 73.1 Å². The highest BCUT2D eigenvalue weighted by Crippen LogP contribution is 2.77. The van der Waals surface area contributed by atoms with Crippen LogP contribution in [0, 0.1) is 64.1 Å². The normalized spacial score (nSPS) is 57.8. The van der Waals surface area contributed by atoms with Crippen molar-refractivity contribution < 1.29 is 24.9 Å². The Bertz CT molecular complexity index is 875. The lowest BCUT2D eigenvalue weighted by atomic mass is 9.42. The molecule has 5 heteroatoms. The van der Waals surface area contributed by atoms with E-state index < -0.39 is 23.3 Å². The molecule has 5 nitrogen and oxygen atoms in total. The smallest absolute Gasteiger partial charge is 0.384 e. The van der Waals surface area contributed by atoms with Gasteiger partial charge in [0, 0.05) is 17.8 Å². The molecule has 0 aliphatic heterocycles. The first-order valence-electron chi connectivity index (χ1n) is 12.8. The van der Waals surface area contributed by atoms with Crippen molar-refractivity contribution in [2.24, 2.45) is 52.3 Å². The molecule has 0 amide bonds. The molecule has 0 bridgehead atoms. The van der Waals surface area contributed by atoms with Crippen molar-refractivity contribution in [2.75, 3.05) is 6.61 Å². The summed E-state index contributed by atoms with van der Waals surface area (Å²) in [4.78, 5) is 12.0. The summed E-state index contributed by atoms with van der Waals surface area (Å²) in [7, 11) is 0. The molecule has 5 aliphatic rings. The van der Waals surface area contributed by atoms with Crippen LogP contribution >= 0.6 is 0 Å². The van der Waals surface area contributed by atoms with Gasteiger partial charge in [0.15, 0.2) is 0 Å². The molecule has 5 aliphatic carbocycles. The summed E-state index contributed by atoms with van der Waals surface area (Å²) in [6.07, 6.45) is 4.58. The number of carbonyl (C=O) groups is 1. The van der Waals surface area contributed by atoms with Crippen LogP contribution in [0.2, 0.25) is 0 Å². The fraction of sp³-hybridized carbons (Fsp3) is 0.889. The molecule has 5 fully saturated rings. The van der Waals surface area contributed by atoms with Crippen LogP contribution in [0.25, 0.3) is 0 Å². The number of rotatable bonds is 1. The van der Waals surface area contributed by atoms with Crippen molar-refractivity contribution in [1.82, 2.24) is 0 Å². The van der Waals surface area contributed by atoms with Crippen LogP contribution in [0.3, 0.4) is 0 Å². The number of aliphatic hydroxyl groups excluding tert-OH is 1. The summed E-state index contributed by atoms with van der Waals surface area (Å²) >= 11 is 0. The van der Waals surface area contributed by atoms with E-state index in [9.17, 15) is 20.1 Å². The summed E-state index contributed by atoms with van der Waals surface area (Å²) < 4.78 is 5.01. The second-order valence-corrected chi connectivity index (χ2v) is 12.3. The van der Waals surface area contributed by atoms with Crippen LogP contribution in [0.4, 0.5) is 0 Å². The first kappa shape index (κ1) is 22.7. The molecule has 0 aromatic heterocycles. The van der Waals surface area contributed by atoms with Crippen molar-refractivity contribution in [2.45, 2.75) is 90.4 Å². The number of fused-ring (bicyclic) bond motifs is 8. The lowest BCUT2D eigenvalue weighted by molar-refractivity contribution is -0.231. The number of carbonyl (C=O) groups excluding carboxylic acids is 1. The van der Waals surface area contributed by atoms with E-state index in [0.717, 1.165) is 32.1 Å². The van der Waals surface area contributed by atoms with E-state index in [1.165, 1.54) is 0 Å². The third-order valence-corrected chi connectivity index (χ3v) is 11.4. The van der Waals surface area contributed by atoms with Crippen LogP contribution in [0.15, 0.2) is 0 Å². The Morgan fingerprint density at radius 2 is 1.78 bits per heavy atom. The quantitative estimate of drug-likeness (QED) is 0.329. The minimum Gasteiger partial charge on any atom is -0.456 e. The third kappa shape index (κ3) is 2.61. The molecule has 12 atom stereocenters. The van der Waals surface area contributed by atoms with Crippen molar-refractivity contribution >= 4 is 5.97 Å². The summed E-state index contributed by atoms with van der Waals surface area (Å²) in [6.45, 7) is 10.9. The predicted molar refractivity (Wildman–Crippen MR) is 120 cm³/mol. The van der Waals surface area contributed by atoms with Crippen LogP contribution in [-0.4, -0.2) is 45.2 Å². The number of hydrogen-bond acceptors (Lipinski definition) is 5. The second kappa shape index (κ2) is 6.96. The van der Waals surface area contributed by atoms with Gasteiger partial charge in [0.05, 0.1) is 18.3 Å². The van der Waals surface area contributed by atoms with E-state index in [1.807, 2.05) is 0 Å². The molecule has 5 saturated carbocycles. The zero-order chi connectivity index (χ0) is 23.3. The molecular weight excluding hydrogens is 404 g/mol. The van der Waals surface area contributed by atoms with Gasteiger partial charge >= 0.3 is 5.97 Å². The number of hydrogen-bond donors (Lipinski definition) is 3. The average Bonchev–Trinajstić information content (AvgIpc) is 3.52. The third-order valence-electron chi connectivity index (χ3n) is 11.4. The van der Waals surface area contributed by atoms with Gasteiger partial charge in [-0.15, -0.1) is 0 Å². The molecule has 0 spiro atoms. The molecule has 5 rings (SSSR count). The highest BCUT2D eigenvalue weighted by atomic mass is 16.5. The van der Waals surface area contributed by atoms with Crippen molar-refractivity contribution in [3.05, 3.63) is 0 Å². The molecular formula is C27H40O5. The molecule has 0 aromatic carbocycles. The number of ether oxygens (including phenoxy) is 1. The molecule has 4 unspecified atom stereocenters. The first-order chi connectivity index (χ1) is 14.9. The lowest BCUT2D eigenvalue weighted by Gasteiger charge is -2.64. The van der Waals surface area contributed by atoms with E-state index in [4.69, 9.17) is 4.74 Å². The monoisotopic (exact) mass is 444 g/mol. The first-order valence-corrected chi connectivity index (χ1v) is 12.8. The largest absolute Gasteiger partial charge is 0.456 e. The van der Waals surface area contributed by atoms with Gasteiger partial charge in [0.2, 0.25) is 0 Å². The zero-order valence-electron chi connectivity index (χ0n) is 20.2. The maximum Gasteiger partial charge on any atom is 0.384 e. The minimum atomic E-state index is -1.23. The Morgan fingerprint density at radius 1 is 1.09 bits per heavy atom. The molecule has 178 valence electrons. The van der Waals surface area contributed by atoms with Crippen LogP contribution in [-0.2, 0) is 9.53 Å². The van der Waals surface area contributed by atoms with Gasteiger partial charge in [-0.25, -0.2) is 4.79 Å². The Balaban J connectivity index is 1.53. The number of aliphatic hydroxyl groups is 3. The topological polar surface area (TPSA) is 87.0 Å². The van der Waals surface area contributed by atoms with Gasteiger partial charge in [-0.05, 0) is 85.9 Å². The molecule has 0 saturated heterocycles. The Morgan fingerprint density at radius 3 is 2.47 bits per heavy atom. The SMILES string of the molecule is CCOC(=O)C#C[C@]1(O)[C@@H](C)[C@@H](C)C2C3C(CC[C@@]21C)[C@@]1(C)CC[C@H](O)C[C@@]1(O)C1C[C@H]31. The Hall–Kier alpha value is -1.09. The highest BCUT2D eigenvalue weighted by Gasteiger charge is 2.77. The van der Waals surface area contributed by atoms with Gasteiger partial charge in [0.1, 0.15) is 5.60 Å². The van der Waals surface area contributed by atoms with Crippen LogP contribution < -0.4 is 0 Å². The van der Waals surface area contributed by atoms with Crippen molar-refractivity contribution in [3.63, 3.8) is 0 Å². The fourth-order valence-corrected chi connectivity index (χ4v) is 9.60. The summed E-state index contributed by atoms with van der Waals surface area (Å²) in [5.74, 6) is 7.16. The predicted octanol–water partition coefficient (Wildman–Crippen LogP) is 3.15. The molecule has 32 heavy (non-hydrogen) atoms. The maximum atomic E-state index is 12.0. The van der Waals surface area contributed by atoms with E-state index in [1.54, 1.807) is 6.92 Å². The molecule has 0 aromatic rings. The lowest BCUT2D eigenvalue weighted by Crippen LogP contribution is -2.65. The highest BCUT2D eigenvalue weighted by molar-refractivity contribution is 5.88. The van der Waals surface area contributed by atoms with Gasteiger partial charge in [-0.3, -0.25) is 0 Å². The number of esters is 1. The molecule has 0 heterocycles. The van der Waals surface area contributed by atoms with Gasteiger partial charge in [-0.2, -0.15) is 0 Å². The van der Waals surface area contributed by atoms with Crippen molar-refractivity contribution in [1.29, 1.82) is 0 Å². The van der Waals surface area contributed by atoms with Crippen LogP contribution in [0.5, 0.6) is 0 Å². The molecule has 3 N–H and O–H groups in total. The zero-order valence-corrected chi connectivity index (χ0v) is 20.2. The summed E-state index contributed by atoms with van der Waals surface area (Å²) in [5, 5.41) is 34.3. The molecule has 0 radical (unpaired) electrons. The minimum absolute atomic E-state index is 0.0443. The van der Waals surface area contributed by atoms with Gasteiger partial charge < -0.3 is 20.1 Å².